The number of nitrogen functional groups attached to an aromatic ring is 1. The lowest BCUT2D eigenvalue weighted by molar-refractivity contribution is 0.138. The summed E-state index contributed by atoms with van der Waals surface area (Å²) >= 11 is 0. The molecule has 1 aliphatic rings. The molecule has 3 aromatic rings. The molecule has 8 nitrogen and oxygen atoms in total. The summed E-state index contributed by atoms with van der Waals surface area (Å²) in [6, 6.07) is 13.6. The Morgan fingerprint density at radius 2 is 1.75 bits per heavy atom. The van der Waals surface area contributed by atoms with E-state index >= 15 is 0 Å². The predicted molar refractivity (Wildman–Crippen MR) is 141 cm³/mol. The van der Waals surface area contributed by atoms with Gasteiger partial charge in [-0.25, -0.2) is 0 Å². The number of benzene rings is 2. The van der Waals surface area contributed by atoms with Crippen molar-refractivity contribution in [2.45, 2.75) is 26.1 Å². The number of likely N-dealkylation sites (tertiary alicyclic amines) is 1. The molecule has 0 atom stereocenters. The van der Waals surface area contributed by atoms with Crippen molar-refractivity contribution in [1.29, 1.82) is 0 Å². The number of rotatable bonds is 14. The van der Waals surface area contributed by atoms with Gasteiger partial charge in [-0.15, -0.1) is 0 Å². The van der Waals surface area contributed by atoms with Crippen molar-refractivity contribution >= 4 is 5.69 Å². The fourth-order valence-corrected chi connectivity index (χ4v) is 4.22. The number of ether oxygens (including phenoxy) is 4. The zero-order chi connectivity index (χ0) is 25.0. The lowest BCUT2D eigenvalue weighted by atomic mass is 10.1. The van der Waals surface area contributed by atoms with Gasteiger partial charge >= 0.3 is 0 Å². The second kappa shape index (κ2) is 13.7. The molecule has 3 N–H and O–H groups in total. The zero-order valence-electron chi connectivity index (χ0n) is 20.9. The number of hydrogen-bond acceptors (Lipinski definition) is 7. The second-order valence-electron chi connectivity index (χ2n) is 8.77. The predicted octanol–water partition coefficient (Wildman–Crippen LogP) is 4.43. The maximum atomic E-state index is 6.02. The maximum Gasteiger partial charge on any atom is 0.128 e. The van der Waals surface area contributed by atoms with E-state index in [-0.39, 0.29) is 0 Å². The Labute approximate surface area is 213 Å². The van der Waals surface area contributed by atoms with E-state index in [9.17, 15) is 0 Å². The van der Waals surface area contributed by atoms with Gasteiger partial charge in [-0.1, -0.05) is 18.2 Å². The monoisotopic (exact) mass is 492 g/mol. The molecule has 1 aromatic heterocycles. The van der Waals surface area contributed by atoms with Gasteiger partial charge in [0.25, 0.3) is 0 Å². The Balaban J connectivity index is 1.17. The lowest BCUT2D eigenvalue weighted by Crippen LogP contribution is -2.25. The summed E-state index contributed by atoms with van der Waals surface area (Å²) in [6.07, 6.45) is 8.22. The Morgan fingerprint density at radius 3 is 2.50 bits per heavy atom. The summed E-state index contributed by atoms with van der Waals surface area (Å²) in [5, 5.41) is 7.00. The average molecular weight is 493 g/mol. The van der Waals surface area contributed by atoms with Crippen LogP contribution in [0, 0.1) is 0 Å². The van der Waals surface area contributed by atoms with Crippen LogP contribution in [0.1, 0.15) is 24.0 Å². The van der Waals surface area contributed by atoms with Gasteiger partial charge in [0, 0.05) is 29.6 Å². The first-order valence-corrected chi connectivity index (χ1v) is 12.4. The van der Waals surface area contributed by atoms with Gasteiger partial charge in [-0.2, -0.15) is 5.10 Å². The lowest BCUT2D eigenvalue weighted by Gasteiger charge is -2.17. The highest BCUT2D eigenvalue weighted by Crippen LogP contribution is 2.29. The number of methoxy groups -OCH3 is 1. The van der Waals surface area contributed by atoms with Crippen LogP contribution in [0.15, 0.2) is 60.8 Å². The first kappa shape index (κ1) is 25.8. The number of nitrogens with one attached hydrogen (secondary N) is 1. The number of nitrogens with two attached hydrogens (primary N) is 1. The molecular weight excluding hydrogens is 456 g/mol. The number of aromatic amines is 1. The van der Waals surface area contributed by atoms with Gasteiger partial charge in [0.1, 0.15) is 18.1 Å². The van der Waals surface area contributed by atoms with Gasteiger partial charge in [0.15, 0.2) is 0 Å². The summed E-state index contributed by atoms with van der Waals surface area (Å²) < 4.78 is 23.1. The smallest absolute Gasteiger partial charge is 0.128 e. The van der Waals surface area contributed by atoms with Gasteiger partial charge in [-0.05, 0) is 67.9 Å². The van der Waals surface area contributed by atoms with Crippen LogP contribution in [0.2, 0.25) is 0 Å². The highest BCUT2D eigenvalue weighted by molar-refractivity contribution is 5.67. The highest BCUT2D eigenvalue weighted by atomic mass is 16.5. The van der Waals surface area contributed by atoms with Crippen molar-refractivity contribution in [3.8, 4) is 22.8 Å². The quantitative estimate of drug-likeness (QED) is 0.195. The number of H-pyrrole nitrogens is 1. The fourth-order valence-electron chi connectivity index (χ4n) is 4.22. The molecule has 0 spiro atoms. The molecule has 36 heavy (non-hydrogen) atoms. The Hall–Kier alpha value is -3.33. The van der Waals surface area contributed by atoms with Crippen LogP contribution in [0.3, 0.4) is 0 Å². The number of hydrogen-bond donors (Lipinski definition) is 2. The van der Waals surface area contributed by atoms with Crippen molar-refractivity contribution < 1.29 is 18.9 Å². The maximum absolute atomic E-state index is 6.02. The van der Waals surface area contributed by atoms with E-state index in [0.717, 1.165) is 40.4 Å². The van der Waals surface area contributed by atoms with E-state index in [2.05, 4.69) is 21.2 Å². The van der Waals surface area contributed by atoms with E-state index in [4.69, 9.17) is 24.7 Å². The van der Waals surface area contributed by atoms with Crippen LogP contribution in [0.5, 0.6) is 11.5 Å². The van der Waals surface area contributed by atoms with Crippen molar-refractivity contribution in [3.05, 3.63) is 71.9 Å². The number of aromatic nitrogens is 2. The second-order valence-corrected chi connectivity index (χ2v) is 8.77. The minimum absolute atomic E-state index is 0.442. The fraction of sp³-hybridized carbons (Fsp3) is 0.393. The average Bonchev–Trinajstić information content (AvgIpc) is 3.61. The van der Waals surface area contributed by atoms with Crippen LogP contribution in [-0.2, 0) is 22.7 Å². The molecule has 2 aromatic carbocycles. The van der Waals surface area contributed by atoms with E-state index in [1.165, 1.54) is 25.9 Å². The standard InChI is InChI=1S/C28H36N4O4/c1-33-28-8-6-22(18-25(28)26-10-11-30-31-26)20-34-15-4-5-16-35-21-23-19-24(29)7-9-27(23)36-17-14-32-12-2-3-13-32/h4-11,18-19H,2-3,12-17,20-21,29H2,1H3,(H,30,31)/b5-4+. The topological polar surface area (TPSA) is 94.9 Å². The minimum Gasteiger partial charge on any atom is -0.496 e. The zero-order valence-corrected chi connectivity index (χ0v) is 20.9. The van der Waals surface area contributed by atoms with Crippen molar-refractivity contribution in [3.63, 3.8) is 0 Å². The van der Waals surface area contributed by atoms with Gasteiger partial charge < -0.3 is 24.7 Å². The van der Waals surface area contributed by atoms with E-state index in [0.29, 0.717) is 38.7 Å². The summed E-state index contributed by atoms with van der Waals surface area (Å²) in [4.78, 5) is 2.44. The number of nitrogens with zero attached hydrogens (tertiary/aromatic N) is 2. The van der Waals surface area contributed by atoms with Crippen LogP contribution in [0.4, 0.5) is 5.69 Å². The van der Waals surface area contributed by atoms with Gasteiger partial charge in [-0.3, -0.25) is 10.00 Å². The first-order valence-electron chi connectivity index (χ1n) is 12.4. The molecule has 4 rings (SSSR count). The third-order valence-electron chi connectivity index (χ3n) is 6.12. The third-order valence-corrected chi connectivity index (χ3v) is 6.12. The van der Waals surface area contributed by atoms with Crippen LogP contribution in [-0.4, -0.2) is 61.7 Å². The summed E-state index contributed by atoms with van der Waals surface area (Å²) in [5.41, 5.74) is 10.6. The molecule has 0 saturated carbocycles. The van der Waals surface area contributed by atoms with Crippen molar-refractivity contribution in [1.82, 2.24) is 15.1 Å². The molecule has 1 saturated heterocycles. The molecule has 0 aliphatic carbocycles. The van der Waals surface area contributed by atoms with Crippen LogP contribution in [0.25, 0.3) is 11.3 Å². The first-order chi connectivity index (χ1) is 17.7. The van der Waals surface area contributed by atoms with Crippen molar-refractivity contribution in [2.24, 2.45) is 0 Å². The molecule has 0 unspecified atom stereocenters. The van der Waals surface area contributed by atoms with Crippen LogP contribution < -0.4 is 15.2 Å². The highest BCUT2D eigenvalue weighted by Gasteiger charge is 2.12. The molecular formula is C28H36N4O4. The molecule has 2 heterocycles. The van der Waals surface area contributed by atoms with E-state index in [1.54, 1.807) is 13.3 Å². The molecule has 192 valence electrons. The molecule has 1 fully saturated rings. The van der Waals surface area contributed by atoms with Gasteiger partial charge in [0.05, 0.1) is 39.2 Å². The summed E-state index contributed by atoms with van der Waals surface area (Å²) in [5.74, 6) is 1.63. The molecule has 0 amide bonds. The van der Waals surface area contributed by atoms with Crippen molar-refractivity contribution in [2.75, 3.05) is 52.3 Å². The van der Waals surface area contributed by atoms with E-state index < -0.39 is 0 Å². The normalized spacial score (nSPS) is 14.0. The largest absolute Gasteiger partial charge is 0.496 e. The molecule has 8 heteroatoms. The molecule has 0 radical (unpaired) electrons. The van der Waals surface area contributed by atoms with E-state index in [1.807, 2.05) is 48.6 Å². The summed E-state index contributed by atoms with van der Waals surface area (Å²) in [6.45, 7) is 5.89. The van der Waals surface area contributed by atoms with Crippen LogP contribution >= 0.6 is 0 Å². The Kier molecular flexibility index (Phi) is 9.78. The Morgan fingerprint density at radius 1 is 0.972 bits per heavy atom. The molecule has 1 aliphatic heterocycles. The minimum atomic E-state index is 0.442. The summed E-state index contributed by atoms with van der Waals surface area (Å²) in [7, 11) is 1.66. The Bertz CT molecular complexity index is 1090. The van der Waals surface area contributed by atoms with Gasteiger partial charge in [0.2, 0.25) is 0 Å². The SMILES string of the molecule is COc1ccc(COC/C=C/COCc2cc(N)ccc2OCCN2CCCC2)cc1-c1ccn[nH]1. The molecule has 0 bridgehead atoms. The number of anilines is 1. The third kappa shape index (κ3) is 7.58.